The van der Waals surface area contributed by atoms with Crippen LogP contribution in [0.3, 0.4) is 0 Å². The van der Waals surface area contributed by atoms with Crippen molar-refractivity contribution in [2.75, 3.05) is 0 Å². The molecule has 0 spiro atoms. The smallest absolute Gasteiger partial charge is 0.335 e. The van der Waals surface area contributed by atoms with E-state index < -0.39 is 5.97 Å². The molecule has 1 aliphatic rings. The summed E-state index contributed by atoms with van der Waals surface area (Å²) in [6, 6.07) is 6.73. The zero-order valence-electron chi connectivity index (χ0n) is 11.0. The Morgan fingerprint density at radius 1 is 1.45 bits per heavy atom. The van der Waals surface area contributed by atoms with Crippen LogP contribution < -0.4 is 5.73 Å². The van der Waals surface area contributed by atoms with Crippen LogP contribution in [0.1, 0.15) is 46.9 Å². The van der Waals surface area contributed by atoms with Crippen molar-refractivity contribution >= 4 is 5.97 Å². The van der Waals surface area contributed by atoms with Crippen LogP contribution in [-0.4, -0.2) is 26.1 Å². The number of nitrogens with two attached hydrogens (primary N) is 1. The summed E-state index contributed by atoms with van der Waals surface area (Å²) in [5.41, 5.74) is 8.52. The van der Waals surface area contributed by atoms with Gasteiger partial charge in [-0.15, -0.1) is 5.10 Å². The second kappa shape index (κ2) is 5.05. The lowest BCUT2D eigenvalue weighted by Crippen LogP contribution is -2.17. The van der Waals surface area contributed by atoms with Crippen LogP contribution in [0.5, 0.6) is 0 Å². The van der Waals surface area contributed by atoms with Crippen LogP contribution in [0.25, 0.3) is 5.69 Å². The summed E-state index contributed by atoms with van der Waals surface area (Å²) >= 11 is 0. The molecule has 1 aromatic carbocycles. The Hall–Kier alpha value is -2.21. The number of carboxylic acid groups (broad SMARTS) is 1. The van der Waals surface area contributed by atoms with Crippen LogP contribution in [0.2, 0.25) is 0 Å². The fourth-order valence-corrected chi connectivity index (χ4v) is 2.52. The van der Waals surface area contributed by atoms with Gasteiger partial charge in [0.1, 0.15) is 5.69 Å². The van der Waals surface area contributed by atoms with Crippen LogP contribution in [0.15, 0.2) is 24.3 Å². The number of hydrogen-bond donors (Lipinski definition) is 2. The predicted molar refractivity (Wildman–Crippen MR) is 72.8 cm³/mol. The van der Waals surface area contributed by atoms with Crippen molar-refractivity contribution in [1.82, 2.24) is 15.0 Å². The zero-order chi connectivity index (χ0) is 14.1. The molecular formula is C14H16N4O2. The Balaban J connectivity index is 2.07. The molecule has 0 bridgehead atoms. The maximum atomic E-state index is 11.1. The van der Waals surface area contributed by atoms with Crippen molar-refractivity contribution in [3.8, 4) is 5.69 Å². The SMILES string of the molecule is NCc1nnn(-c2cccc(C(=O)O)c2)c1C1CCC1. The van der Waals surface area contributed by atoms with Crippen molar-refractivity contribution in [3.05, 3.63) is 41.2 Å². The van der Waals surface area contributed by atoms with Gasteiger partial charge in [-0.3, -0.25) is 0 Å². The molecule has 6 heteroatoms. The molecule has 1 saturated carbocycles. The molecule has 20 heavy (non-hydrogen) atoms. The third kappa shape index (κ3) is 2.08. The summed E-state index contributed by atoms with van der Waals surface area (Å²) in [4.78, 5) is 11.1. The van der Waals surface area contributed by atoms with Crippen molar-refractivity contribution in [1.29, 1.82) is 0 Å². The standard InChI is InChI=1S/C14H16N4O2/c15-8-12-13(9-3-1-4-9)18(17-16-12)11-6-2-5-10(7-11)14(19)20/h2,5-7,9H,1,3-4,8,15H2,(H,19,20). The number of aromatic nitrogens is 3. The highest BCUT2D eigenvalue weighted by Crippen LogP contribution is 2.38. The quantitative estimate of drug-likeness (QED) is 0.883. The van der Waals surface area contributed by atoms with Crippen LogP contribution in [0, 0.1) is 0 Å². The third-order valence-electron chi connectivity index (χ3n) is 3.80. The van der Waals surface area contributed by atoms with Crippen molar-refractivity contribution in [2.45, 2.75) is 31.7 Å². The maximum absolute atomic E-state index is 11.1. The van der Waals surface area contributed by atoms with E-state index in [0.717, 1.165) is 29.9 Å². The minimum atomic E-state index is -0.948. The van der Waals surface area contributed by atoms with E-state index in [4.69, 9.17) is 10.8 Å². The Bertz CT molecular complexity index is 646. The number of benzene rings is 1. The third-order valence-corrected chi connectivity index (χ3v) is 3.80. The predicted octanol–water partition coefficient (Wildman–Crippen LogP) is 1.69. The Morgan fingerprint density at radius 2 is 2.25 bits per heavy atom. The van der Waals surface area contributed by atoms with Gasteiger partial charge >= 0.3 is 5.97 Å². The molecule has 1 fully saturated rings. The Kier molecular flexibility index (Phi) is 3.23. The molecule has 0 amide bonds. The first kappa shape index (κ1) is 12.8. The van der Waals surface area contributed by atoms with Crippen LogP contribution >= 0.6 is 0 Å². The van der Waals surface area contributed by atoms with Gasteiger partial charge < -0.3 is 10.8 Å². The van der Waals surface area contributed by atoms with Crippen LogP contribution in [0.4, 0.5) is 0 Å². The van der Waals surface area contributed by atoms with Crippen molar-refractivity contribution < 1.29 is 9.90 Å². The molecule has 6 nitrogen and oxygen atoms in total. The lowest BCUT2D eigenvalue weighted by Gasteiger charge is -2.26. The van der Waals surface area contributed by atoms with Gasteiger partial charge in [0, 0.05) is 12.5 Å². The number of aromatic carboxylic acids is 1. The summed E-state index contributed by atoms with van der Waals surface area (Å²) in [6.45, 7) is 0.352. The number of carbonyl (C=O) groups is 1. The lowest BCUT2D eigenvalue weighted by atomic mass is 9.82. The average molecular weight is 272 g/mol. The molecule has 1 aliphatic carbocycles. The van der Waals surface area contributed by atoms with E-state index in [1.165, 1.54) is 6.42 Å². The monoisotopic (exact) mass is 272 g/mol. The van der Waals surface area contributed by atoms with E-state index >= 15 is 0 Å². The van der Waals surface area contributed by atoms with E-state index in [0.29, 0.717) is 12.5 Å². The minimum absolute atomic E-state index is 0.242. The molecule has 1 heterocycles. The highest BCUT2D eigenvalue weighted by molar-refractivity contribution is 5.88. The van der Waals surface area contributed by atoms with E-state index in [9.17, 15) is 4.79 Å². The maximum Gasteiger partial charge on any atom is 0.335 e. The van der Waals surface area contributed by atoms with E-state index in [-0.39, 0.29) is 5.56 Å². The van der Waals surface area contributed by atoms with E-state index in [1.807, 2.05) is 6.07 Å². The molecule has 2 aromatic rings. The van der Waals surface area contributed by atoms with Crippen molar-refractivity contribution in [2.24, 2.45) is 5.73 Å². The average Bonchev–Trinajstić information content (AvgIpc) is 2.80. The second-order valence-electron chi connectivity index (χ2n) is 5.02. The highest BCUT2D eigenvalue weighted by Gasteiger charge is 2.27. The highest BCUT2D eigenvalue weighted by atomic mass is 16.4. The molecule has 0 aliphatic heterocycles. The molecule has 0 unspecified atom stereocenters. The molecule has 104 valence electrons. The van der Waals surface area contributed by atoms with Gasteiger partial charge in [0.15, 0.2) is 0 Å². The summed E-state index contributed by atoms with van der Waals surface area (Å²) < 4.78 is 1.73. The number of hydrogen-bond acceptors (Lipinski definition) is 4. The second-order valence-corrected chi connectivity index (χ2v) is 5.02. The number of carboxylic acids is 1. The van der Waals surface area contributed by atoms with Crippen LogP contribution in [-0.2, 0) is 6.54 Å². The van der Waals surface area contributed by atoms with Gasteiger partial charge in [-0.25, -0.2) is 9.48 Å². The molecule has 1 aromatic heterocycles. The van der Waals surface area contributed by atoms with Gasteiger partial charge in [0.05, 0.1) is 16.9 Å². The first-order valence-corrected chi connectivity index (χ1v) is 6.69. The van der Waals surface area contributed by atoms with Gasteiger partial charge in [-0.05, 0) is 31.0 Å². The molecule has 0 atom stereocenters. The molecule has 3 rings (SSSR count). The van der Waals surface area contributed by atoms with Crippen molar-refractivity contribution in [3.63, 3.8) is 0 Å². The van der Waals surface area contributed by atoms with Gasteiger partial charge in [-0.2, -0.15) is 0 Å². The molecular weight excluding hydrogens is 256 g/mol. The minimum Gasteiger partial charge on any atom is -0.478 e. The largest absolute Gasteiger partial charge is 0.478 e. The molecule has 3 N–H and O–H groups in total. The summed E-state index contributed by atoms with van der Waals surface area (Å²) in [6.07, 6.45) is 3.42. The lowest BCUT2D eigenvalue weighted by molar-refractivity contribution is 0.0697. The van der Waals surface area contributed by atoms with E-state index in [2.05, 4.69) is 10.3 Å². The molecule has 0 radical (unpaired) electrons. The van der Waals surface area contributed by atoms with E-state index in [1.54, 1.807) is 22.9 Å². The summed E-state index contributed by atoms with van der Waals surface area (Å²) in [7, 11) is 0. The van der Waals surface area contributed by atoms with Gasteiger partial charge in [0.2, 0.25) is 0 Å². The summed E-state index contributed by atoms with van der Waals surface area (Å²) in [5, 5.41) is 17.4. The number of nitrogens with zero attached hydrogens (tertiary/aromatic N) is 3. The van der Waals surface area contributed by atoms with Gasteiger partial charge in [-0.1, -0.05) is 17.7 Å². The normalized spacial score (nSPS) is 15.1. The summed E-state index contributed by atoms with van der Waals surface area (Å²) in [5.74, 6) is -0.520. The zero-order valence-corrected chi connectivity index (χ0v) is 11.0. The topological polar surface area (TPSA) is 94.0 Å². The first-order valence-electron chi connectivity index (χ1n) is 6.69. The first-order chi connectivity index (χ1) is 9.70. The number of rotatable bonds is 4. The molecule has 0 saturated heterocycles. The Labute approximate surface area is 116 Å². The Morgan fingerprint density at radius 3 is 2.85 bits per heavy atom. The fourth-order valence-electron chi connectivity index (χ4n) is 2.52. The fraction of sp³-hybridized carbons (Fsp3) is 0.357. The van der Waals surface area contributed by atoms with Gasteiger partial charge in [0.25, 0.3) is 0 Å².